The van der Waals surface area contributed by atoms with Crippen LogP contribution >= 0.6 is 0 Å². The lowest BCUT2D eigenvalue weighted by atomic mass is 10.2. The molecule has 0 aliphatic heterocycles. The van der Waals surface area contributed by atoms with Crippen LogP contribution in [-0.4, -0.2) is 27.4 Å². The summed E-state index contributed by atoms with van der Waals surface area (Å²) in [6.45, 7) is 5.21. The fourth-order valence-electron chi connectivity index (χ4n) is 1.81. The molecule has 112 valence electrons. The van der Waals surface area contributed by atoms with Crippen molar-refractivity contribution in [3.8, 4) is 5.75 Å². The maximum absolute atomic E-state index is 11.6. The zero-order chi connectivity index (χ0) is 15.1. The average Bonchev–Trinajstić information content (AvgIpc) is 2.90. The molecule has 1 aromatic heterocycles. The normalized spacial score (nSPS) is 10.4. The van der Waals surface area contributed by atoms with Crippen molar-refractivity contribution in [1.82, 2.24) is 20.3 Å². The molecule has 1 N–H and O–H groups in total. The van der Waals surface area contributed by atoms with E-state index in [1.165, 1.54) is 4.68 Å². The molecule has 0 aliphatic rings. The fraction of sp³-hybridized carbons (Fsp3) is 0.400. The van der Waals surface area contributed by atoms with Crippen LogP contribution in [0.1, 0.15) is 24.6 Å². The minimum atomic E-state index is -0.0621. The number of rotatable bonds is 7. The maximum atomic E-state index is 11.6. The Morgan fingerprint density at radius 2 is 2.29 bits per heavy atom. The van der Waals surface area contributed by atoms with Gasteiger partial charge in [-0.2, -0.15) is 0 Å². The van der Waals surface area contributed by atoms with E-state index in [1.54, 1.807) is 6.20 Å². The fourth-order valence-corrected chi connectivity index (χ4v) is 1.81. The number of carbonyl (C=O) groups is 1. The summed E-state index contributed by atoms with van der Waals surface area (Å²) >= 11 is 0. The van der Waals surface area contributed by atoms with Crippen LogP contribution < -0.4 is 10.1 Å². The van der Waals surface area contributed by atoms with Gasteiger partial charge in [0.2, 0.25) is 5.91 Å². The van der Waals surface area contributed by atoms with Crippen LogP contribution in [0.15, 0.2) is 30.5 Å². The number of aromatic nitrogens is 3. The minimum Gasteiger partial charge on any atom is -0.487 e. The Kier molecular flexibility index (Phi) is 5.31. The van der Waals surface area contributed by atoms with Gasteiger partial charge in [0.1, 0.15) is 24.6 Å². The van der Waals surface area contributed by atoms with E-state index in [1.807, 2.05) is 38.1 Å². The van der Waals surface area contributed by atoms with Crippen molar-refractivity contribution in [1.29, 1.82) is 0 Å². The van der Waals surface area contributed by atoms with Gasteiger partial charge in [-0.15, -0.1) is 5.10 Å². The molecular formula is C15H20N4O2. The highest BCUT2D eigenvalue weighted by Crippen LogP contribution is 2.13. The van der Waals surface area contributed by atoms with Gasteiger partial charge in [0, 0.05) is 6.54 Å². The van der Waals surface area contributed by atoms with Gasteiger partial charge in [-0.25, -0.2) is 4.68 Å². The average molecular weight is 288 g/mol. The lowest BCUT2D eigenvalue weighted by Crippen LogP contribution is -2.28. The Labute approximate surface area is 124 Å². The Morgan fingerprint density at radius 3 is 3.05 bits per heavy atom. The van der Waals surface area contributed by atoms with E-state index in [0.29, 0.717) is 18.8 Å². The molecule has 0 radical (unpaired) electrons. The van der Waals surface area contributed by atoms with Crippen LogP contribution in [0.2, 0.25) is 0 Å². The van der Waals surface area contributed by atoms with Gasteiger partial charge < -0.3 is 10.1 Å². The molecule has 0 fully saturated rings. The van der Waals surface area contributed by atoms with Gasteiger partial charge in [-0.3, -0.25) is 4.79 Å². The van der Waals surface area contributed by atoms with Crippen LogP contribution in [0.3, 0.4) is 0 Å². The third-order valence-electron chi connectivity index (χ3n) is 2.84. The Balaban J connectivity index is 1.84. The molecule has 0 unspecified atom stereocenters. The first-order valence-electron chi connectivity index (χ1n) is 7.02. The first-order valence-corrected chi connectivity index (χ1v) is 7.02. The second kappa shape index (κ2) is 7.42. The SMILES string of the molecule is CCCNC(=O)Cn1cc(COc2cccc(C)c2)nn1. The Hall–Kier alpha value is -2.37. The second-order valence-corrected chi connectivity index (χ2v) is 4.86. The number of carbonyl (C=O) groups excluding carboxylic acids is 1. The van der Waals surface area contributed by atoms with Crippen molar-refractivity contribution in [2.24, 2.45) is 0 Å². The first-order chi connectivity index (χ1) is 10.2. The number of hydrogen-bond acceptors (Lipinski definition) is 4. The molecule has 2 rings (SSSR count). The van der Waals surface area contributed by atoms with Crippen molar-refractivity contribution in [2.75, 3.05) is 6.54 Å². The number of amides is 1. The van der Waals surface area contributed by atoms with Gasteiger partial charge in [-0.1, -0.05) is 24.3 Å². The molecule has 1 aromatic carbocycles. The van der Waals surface area contributed by atoms with E-state index in [4.69, 9.17) is 4.74 Å². The van der Waals surface area contributed by atoms with Crippen molar-refractivity contribution in [2.45, 2.75) is 33.4 Å². The van der Waals surface area contributed by atoms with E-state index in [0.717, 1.165) is 17.7 Å². The zero-order valence-electron chi connectivity index (χ0n) is 12.4. The second-order valence-electron chi connectivity index (χ2n) is 4.86. The monoisotopic (exact) mass is 288 g/mol. The highest BCUT2D eigenvalue weighted by atomic mass is 16.5. The number of ether oxygens (including phenoxy) is 1. The van der Waals surface area contributed by atoms with Crippen LogP contribution in [0.25, 0.3) is 0 Å². The van der Waals surface area contributed by atoms with Gasteiger partial charge in [0.25, 0.3) is 0 Å². The summed E-state index contributed by atoms with van der Waals surface area (Å²) in [4.78, 5) is 11.6. The summed E-state index contributed by atoms with van der Waals surface area (Å²) in [5.41, 5.74) is 1.84. The molecule has 0 saturated carbocycles. The summed E-state index contributed by atoms with van der Waals surface area (Å²) in [6, 6.07) is 7.82. The van der Waals surface area contributed by atoms with Gasteiger partial charge in [-0.05, 0) is 31.0 Å². The molecular weight excluding hydrogens is 268 g/mol. The molecule has 21 heavy (non-hydrogen) atoms. The molecule has 2 aromatic rings. The molecule has 0 bridgehead atoms. The van der Waals surface area contributed by atoms with Crippen molar-refractivity contribution in [3.63, 3.8) is 0 Å². The van der Waals surface area contributed by atoms with Crippen molar-refractivity contribution in [3.05, 3.63) is 41.7 Å². The lowest BCUT2D eigenvalue weighted by molar-refractivity contribution is -0.121. The van der Waals surface area contributed by atoms with Gasteiger partial charge >= 0.3 is 0 Å². The standard InChI is InChI=1S/C15H20N4O2/c1-3-7-16-15(20)10-19-9-13(17-18-19)11-21-14-6-4-5-12(2)8-14/h4-6,8-9H,3,7,10-11H2,1-2H3,(H,16,20). The number of hydrogen-bond donors (Lipinski definition) is 1. The summed E-state index contributed by atoms with van der Waals surface area (Å²) in [5.74, 6) is 0.734. The first kappa shape index (κ1) is 15.0. The predicted molar refractivity (Wildman–Crippen MR) is 78.8 cm³/mol. The molecule has 6 heteroatoms. The van der Waals surface area contributed by atoms with E-state index < -0.39 is 0 Å². The smallest absolute Gasteiger partial charge is 0.241 e. The lowest BCUT2D eigenvalue weighted by Gasteiger charge is -2.04. The highest BCUT2D eigenvalue weighted by molar-refractivity contribution is 5.75. The third kappa shape index (κ3) is 4.91. The number of nitrogens with one attached hydrogen (secondary N) is 1. The number of nitrogens with zero attached hydrogens (tertiary/aromatic N) is 3. The Bertz CT molecular complexity index is 595. The molecule has 0 atom stereocenters. The number of benzene rings is 1. The molecule has 6 nitrogen and oxygen atoms in total. The zero-order valence-corrected chi connectivity index (χ0v) is 12.4. The van der Waals surface area contributed by atoms with Crippen LogP contribution in [0.4, 0.5) is 0 Å². The predicted octanol–water partition coefficient (Wildman–Crippen LogP) is 1.69. The van der Waals surface area contributed by atoms with E-state index in [-0.39, 0.29) is 12.5 Å². The minimum absolute atomic E-state index is 0.0621. The number of aryl methyl sites for hydroxylation is 1. The van der Waals surface area contributed by atoms with Crippen LogP contribution in [-0.2, 0) is 17.9 Å². The molecule has 0 spiro atoms. The van der Waals surface area contributed by atoms with Crippen molar-refractivity contribution < 1.29 is 9.53 Å². The largest absolute Gasteiger partial charge is 0.487 e. The van der Waals surface area contributed by atoms with E-state index in [9.17, 15) is 4.79 Å². The quantitative estimate of drug-likeness (QED) is 0.842. The summed E-state index contributed by atoms with van der Waals surface area (Å²) in [6.07, 6.45) is 2.64. The molecule has 0 aliphatic carbocycles. The van der Waals surface area contributed by atoms with E-state index in [2.05, 4.69) is 15.6 Å². The summed E-state index contributed by atoms with van der Waals surface area (Å²) in [5, 5.41) is 10.7. The highest BCUT2D eigenvalue weighted by Gasteiger charge is 2.06. The topological polar surface area (TPSA) is 69.0 Å². The van der Waals surface area contributed by atoms with E-state index >= 15 is 0 Å². The summed E-state index contributed by atoms with van der Waals surface area (Å²) in [7, 11) is 0. The third-order valence-corrected chi connectivity index (χ3v) is 2.84. The van der Waals surface area contributed by atoms with Gasteiger partial charge in [0.05, 0.1) is 6.20 Å². The molecule has 1 amide bonds. The summed E-state index contributed by atoms with van der Waals surface area (Å²) < 4.78 is 7.15. The van der Waals surface area contributed by atoms with Gasteiger partial charge in [0.15, 0.2) is 0 Å². The van der Waals surface area contributed by atoms with Crippen molar-refractivity contribution >= 4 is 5.91 Å². The van der Waals surface area contributed by atoms with Crippen LogP contribution in [0, 0.1) is 6.92 Å². The molecule has 0 saturated heterocycles. The maximum Gasteiger partial charge on any atom is 0.241 e. The molecule has 1 heterocycles. The Morgan fingerprint density at radius 1 is 1.43 bits per heavy atom. The van der Waals surface area contributed by atoms with Crippen LogP contribution in [0.5, 0.6) is 5.75 Å².